The van der Waals surface area contributed by atoms with Crippen LogP contribution in [0.25, 0.3) is 0 Å². The smallest absolute Gasteiger partial charge is 0.454 e. The molecule has 5 nitrogen and oxygen atoms in total. The average Bonchev–Trinajstić information content (AvgIpc) is 2.20. The number of hydrogen-bond donors (Lipinski definition) is 4. The van der Waals surface area contributed by atoms with Crippen LogP contribution >= 0.6 is 0 Å². The Bertz CT molecular complexity index is 391. The van der Waals surface area contributed by atoms with Gasteiger partial charge in [0.25, 0.3) is 0 Å². The summed E-state index contributed by atoms with van der Waals surface area (Å²) in [5, 5.41) is 36.2. The monoisotopic (exact) mass is 224 g/mol. The number of rotatable bonds is 4. The summed E-state index contributed by atoms with van der Waals surface area (Å²) in [6.45, 7) is 1.59. The molecule has 0 amide bonds. The third-order valence-corrected chi connectivity index (χ3v) is 2.40. The number of carboxylic acids is 1. The molecule has 16 heavy (non-hydrogen) atoms. The molecule has 0 aromatic heterocycles. The van der Waals surface area contributed by atoms with Crippen LogP contribution in [0.3, 0.4) is 0 Å². The highest BCUT2D eigenvalue weighted by Crippen LogP contribution is 2.26. The molecular formula is C10H13BO5. The maximum atomic E-state index is 10.7. The zero-order valence-electron chi connectivity index (χ0n) is 8.79. The van der Waals surface area contributed by atoms with Crippen molar-refractivity contribution in [3.05, 3.63) is 29.3 Å². The molecule has 0 spiro atoms. The van der Waals surface area contributed by atoms with E-state index < -0.39 is 18.9 Å². The second kappa shape index (κ2) is 5.00. The van der Waals surface area contributed by atoms with Gasteiger partial charge in [-0.05, 0) is 23.9 Å². The van der Waals surface area contributed by atoms with Crippen molar-refractivity contribution in [2.24, 2.45) is 0 Å². The van der Waals surface area contributed by atoms with Crippen molar-refractivity contribution < 1.29 is 25.1 Å². The fourth-order valence-corrected chi connectivity index (χ4v) is 1.38. The lowest BCUT2D eigenvalue weighted by atomic mass is 9.71. The van der Waals surface area contributed by atoms with Gasteiger partial charge in [0.2, 0.25) is 0 Å². The van der Waals surface area contributed by atoms with E-state index in [0.717, 1.165) is 0 Å². The Balaban J connectivity index is 2.98. The fourth-order valence-electron chi connectivity index (χ4n) is 1.38. The van der Waals surface area contributed by atoms with E-state index in [1.54, 1.807) is 13.0 Å². The second-order valence-corrected chi connectivity index (χ2v) is 3.71. The van der Waals surface area contributed by atoms with Crippen molar-refractivity contribution in [3.63, 3.8) is 0 Å². The molecule has 1 aromatic rings. The summed E-state index contributed by atoms with van der Waals surface area (Å²) < 4.78 is 0. The van der Waals surface area contributed by atoms with E-state index in [2.05, 4.69) is 0 Å². The predicted molar refractivity (Wildman–Crippen MR) is 58.4 cm³/mol. The van der Waals surface area contributed by atoms with Crippen molar-refractivity contribution in [2.75, 3.05) is 0 Å². The summed E-state index contributed by atoms with van der Waals surface area (Å²) in [4.78, 5) is 10.7. The molecule has 1 rings (SSSR count). The molecule has 0 bridgehead atoms. The lowest BCUT2D eigenvalue weighted by molar-refractivity contribution is 0.0693. The van der Waals surface area contributed by atoms with Gasteiger partial charge in [-0.2, -0.15) is 0 Å². The first kappa shape index (κ1) is 12.5. The second-order valence-electron chi connectivity index (χ2n) is 3.71. The van der Waals surface area contributed by atoms with Crippen molar-refractivity contribution in [3.8, 4) is 5.75 Å². The molecule has 0 fully saturated rings. The summed E-state index contributed by atoms with van der Waals surface area (Å²) in [5.41, 5.74) is 0.206. The minimum Gasteiger partial charge on any atom is -0.507 e. The van der Waals surface area contributed by atoms with Crippen molar-refractivity contribution in [1.82, 2.24) is 0 Å². The van der Waals surface area contributed by atoms with Gasteiger partial charge >= 0.3 is 13.1 Å². The van der Waals surface area contributed by atoms with E-state index in [-0.39, 0.29) is 17.7 Å². The number of para-hydroxylation sites is 1. The lowest BCUT2D eigenvalue weighted by Gasteiger charge is -2.12. The molecule has 86 valence electrons. The molecule has 6 heteroatoms. The van der Waals surface area contributed by atoms with E-state index in [0.29, 0.717) is 5.56 Å². The quantitative estimate of drug-likeness (QED) is 0.558. The van der Waals surface area contributed by atoms with Crippen molar-refractivity contribution in [1.29, 1.82) is 0 Å². The van der Waals surface area contributed by atoms with Gasteiger partial charge in [0.15, 0.2) is 0 Å². The third kappa shape index (κ3) is 2.74. The normalized spacial score (nSPS) is 12.2. The van der Waals surface area contributed by atoms with Gasteiger partial charge < -0.3 is 20.3 Å². The van der Waals surface area contributed by atoms with Gasteiger partial charge in [0, 0.05) is 0 Å². The van der Waals surface area contributed by atoms with E-state index in [9.17, 15) is 9.90 Å². The molecule has 1 atom stereocenters. The summed E-state index contributed by atoms with van der Waals surface area (Å²) in [5.74, 6) is -2.01. The molecule has 0 aliphatic heterocycles. The molecule has 4 N–H and O–H groups in total. The van der Waals surface area contributed by atoms with Gasteiger partial charge in [0.05, 0.1) is 0 Å². The van der Waals surface area contributed by atoms with Crippen LogP contribution in [0.2, 0.25) is 5.82 Å². The van der Waals surface area contributed by atoms with Gasteiger partial charge in [-0.3, -0.25) is 0 Å². The minimum atomic E-state index is -1.49. The first-order valence-corrected chi connectivity index (χ1v) is 4.83. The predicted octanol–water partition coefficient (Wildman–Crippen LogP) is 0.496. The zero-order chi connectivity index (χ0) is 12.3. The Morgan fingerprint density at radius 1 is 1.44 bits per heavy atom. The summed E-state index contributed by atoms with van der Waals surface area (Å²) >= 11 is 0. The standard InChI is InChI=1S/C10H13BO5/c1-6(11(15)16)5-7-3-2-4-8(9(7)12)10(13)14/h2-4,6,12,15-16H,5H2,1H3,(H,13,14)/t6-/m1/s1. The van der Waals surface area contributed by atoms with Gasteiger partial charge in [-0.15, -0.1) is 0 Å². The van der Waals surface area contributed by atoms with Crippen molar-refractivity contribution in [2.45, 2.75) is 19.2 Å². The first-order valence-electron chi connectivity index (χ1n) is 4.83. The number of aromatic carboxylic acids is 1. The molecule has 0 radical (unpaired) electrons. The maximum absolute atomic E-state index is 10.7. The summed E-state index contributed by atoms with van der Waals surface area (Å²) in [7, 11) is -1.49. The molecule has 0 aliphatic carbocycles. The van der Waals surface area contributed by atoms with Crippen LogP contribution < -0.4 is 0 Å². The first-order chi connectivity index (χ1) is 7.43. The molecule has 1 aromatic carbocycles. The number of carbonyl (C=O) groups is 1. The third-order valence-electron chi connectivity index (χ3n) is 2.40. The molecule has 0 saturated heterocycles. The average molecular weight is 224 g/mol. The Kier molecular flexibility index (Phi) is 3.92. The maximum Gasteiger partial charge on any atom is 0.454 e. The van der Waals surface area contributed by atoms with Crippen LogP contribution in [0, 0.1) is 0 Å². The number of benzene rings is 1. The molecule has 0 unspecified atom stereocenters. The van der Waals surface area contributed by atoms with E-state index in [4.69, 9.17) is 15.2 Å². The Labute approximate surface area is 93.1 Å². The Morgan fingerprint density at radius 2 is 2.06 bits per heavy atom. The zero-order valence-corrected chi connectivity index (χ0v) is 8.79. The van der Waals surface area contributed by atoms with E-state index in [1.165, 1.54) is 12.1 Å². The topological polar surface area (TPSA) is 98.0 Å². The van der Waals surface area contributed by atoms with Crippen LogP contribution in [0.15, 0.2) is 18.2 Å². The SMILES string of the molecule is C[C@H](Cc1cccc(C(=O)O)c1O)B(O)O. The number of hydrogen-bond acceptors (Lipinski definition) is 4. The largest absolute Gasteiger partial charge is 0.507 e. The van der Waals surface area contributed by atoms with Crippen LogP contribution in [0.1, 0.15) is 22.8 Å². The highest BCUT2D eigenvalue weighted by molar-refractivity contribution is 6.43. The fraction of sp³-hybridized carbons (Fsp3) is 0.300. The van der Waals surface area contributed by atoms with Gasteiger partial charge in [0.1, 0.15) is 11.3 Å². The minimum absolute atomic E-state index is 0.183. The van der Waals surface area contributed by atoms with Crippen LogP contribution in [-0.4, -0.2) is 33.3 Å². The lowest BCUT2D eigenvalue weighted by Crippen LogP contribution is -2.19. The van der Waals surface area contributed by atoms with Crippen LogP contribution in [-0.2, 0) is 6.42 Å². The molecule has 0 aliphatic rings. The number of aromatic hydroxyl groups is 1. The highest BCUT2D eigenvalue weighted by Gasteiger charge is 2.21. The summed E-state index contributed by atoms with van der Waals surface area (Å²) in [6, 6.07) is 4.36. The Hall–Kier alpha value is -1.53. The van der Waals surface area contributed by atoms with Crippen LogP contribution in [0.5, 0.6) is 5.75 Å². The van der Waals surface area contributed by atoms with E-state index in [1.807, 2.05) is 0 Å². The summed E-state index contributed by atoms with van der Waals surface area (Å²) in [6.07, 6.45) is 0.199. The van der Waals surface area contributed by atoms with Crippen molar-refractivity contribution >= 4 is 13.1 Å². The molecular weight excluding hydrogens is 211 g/mol. The van der Waals surface area contributed by atoms with Crippen LogP contribution in [0.4, 0.5) is 0 Å². The number of carboxylic acid groups (broad SMARTS) is 1. The number of phenols is 1. The molecule has 0 heterocycles. The van der Waals surface area contributed by atoms with E-state index >= 15 is 0 Å². The van der Waals surface area contributed by atoms with Gasteiger partial charge in [-0.25, -0.2) is 4.79 Å². The molecule has 0 saturated carbocycles. The highest BCUT2D eigenvalue weighted by atomic mass is 16.4. The van der Waals surface area contributed by atoms with Gasteiger partial charge in [-0.1, -0.05) is 19.1 Å². The Morgan fingerprint density at radius 3 is 2.56 bits per heavy atom.